The monoisotopic (exact) mass is 434 g/mol. The smallest absolute Gasteiger partial charge is 0.357 e. The van der Waals surface area contributed by atoms with Crippen LogP contribution in [0.1, 0.15) is 38.3 Å². The molecule has 0 bridgehead atoms. The van der Waals surface area contributed by atoms with Gasteiger partial charge in [0.25, 0.3) is 0 Å². The van der Waals surface area contributed by atoms with Crippen molar-refractivity contribution in [1.82, 2.24) is 24.5 Å². The molecule has 0 radical (unpaired) electrons. The van der Waals surface area contributed by atoms with Crippen molar-refractivity contribution >= 4 is 40.0 Å². The van der Waals surface area contributed by atoms with Gasteiger partial charge < -0.3 is 19.4 Å². The zero-order chi connectivity index (χ0) is 22.3. The molecule has 0 aliphatic heterocycles. The number of allylic oxidation sites excluding steroid dienone is 1. The predicted molar refractivity (Wildman–Crippen MR) is 117 cm³/mol. The van der Waals surface area contributed by atoms with Gasteiger partial charge in [0.15, 0.2) is 5.69 Å². The molecule has 4 heterocycles. The molecule has 4 rings (SSSR count). The number of nitriles is 1. The van der Waals surface area contributed by atoms with E-state index in [1.807, 2.05) is 24.5 Å². The van der Waals surface area contributed by atoms with E-state index >= 15 is 0 Å². The highest BCUT2D eigenvalue weighted by molar-refractivity contribution is 7.14. The first-order valence-corrected chi connectivity index (χ1v) is 10.1. The highest BCUT2D eigenvalue weighted by Gasteiger charge is 2.21. The molecule has 9 nitrogen and oxygen atoms in total. The van der Waals surface area contributed by atoms with Crippen LogP contribution in [0.15, 0.2) is 18.3 Å². The number of nitrogens with one attached hydrogen (secondary N) is 1. The molecule has 31 heavy (non-hydrogen) atoms. The summed E-state index contributed by atoms with van der Waals surface area (Å²) in [5, 5.41) is 20.5. The summed E-state index contributed by atoms with van der Waals surface area (Å²) >= 11 is 1.31. The van der Waals surface area contributed by atoms with E-state index in [0.717, 1.165) is 17.0 Å². The Hall–Kier alpha value is -3.97. The number of rotatable bonds is 5. The number of hydrogen-bond acceptors (Lipinski definition) is 7. The van der Waals surface area contributed by atoms with Gasteiger partial charge in [-0.05, 0) is 38.5 Å². The molecule has 0 aliphatic rings. The maximum atomic E-state index is 11.6. The molecule has 0 atom stereocenters. The number of nitrogens with zero attached hydrogens (tertiary/aromatic N) is 5. The van der Waals surface area contributed by atoms with E-state index in [9.17, 15) is 15.2 Å². The number of aromatic carboxylic acids is 1. The van der Waals surface area contributed by atoms with E-state index in [1.165, 1.54) is 18.4 Å². The first-order valence-electron chi connectivity index (χ1n) is 9.24. The third kappa shape index (κ3) is 3.55. The third-order valence-corrected chi connectivity index (χ3v) is 5.78. The zero-order valence-corrected chi connectivity index (χ0v) is 18.0. The lowest BCUT2D eigenvalue weighted by molar-refractivity contribution is 0.0691. The van der Waals surface area contributed by atoms with Gasteiger partial charge in [0.05, 0.1) is 34.9 Å². The number of aromatic amines is 1. The fourth-order valence-corrected chi connectivity index (χ4v) is 4.41. The molecule has 156 valence electrons. The van der Waals surface area contributed by atoms with E-state index in [2.05, 4.69) is 26.0 Å². The molecule has 0 fully saturated rings. The van der Waals surface area contributed by atoms with Gasteiger partial charge in [-0.3, -0.25) is 0 Å². The third-order valence-electron chi connectivity index (χ3n) is 4.82. The van der Waals surface area contributed by atoms with E-state index in [4.69, 9.17) is 4.74 Å². The lowest BCUT2D eigenvalue weighted by Gasteiger charge is -2.07. The summed E-state index contributed by atoms with van der Waals surface area (Å²) in [6.07, 6.45) is 3.33. The quantitative estimate of drug-likeness (QED) is 0.456. The van der Waals surface area contributed by atoms with Gasteiger partial charge in [-0.2, -0.15) is 5.26 Å². The van der Waals surface area contributed by atoms with Crippen LogP contribution in [0.4, 0.5) is 0 Å². The van der Waals surface area contributed by atoms with Crippen molar-refractivity contribution < 1.29 is 14.6 Å². The van der Waals surface area contributed by atoms with Crippen LogP contribution in [0.2, 0.25) is 0 Å². The SMILES string of the molecule is COc1cc2nc(/C(C#N)=C/c3cc(C)n(-c4sc(C)nc4C(=O)O)c3C)[nH]c2cn1. The highest BCUT2D eigenvalue weighted by Crippen LogP contribution is 2.30. The zero-order valence-electron chi connectivity index (χ0n) is 17.2. The van der Waals surface area contributed by atoms with Crippen molar-refractivity contribution in [1.29, 1.82) is 5.26 Å². The standard InChI is InChI=1S/C21H18N6O3S/c1-10-5-13(11(2)27(10)20-18(21(28)29)24-12(3)31-20)6-14(8-22)19-25-15-7-17(30-4)23-9-16(15)26-19/h5-7,9H,1-4H3,(H,25,26)(H,28,29)/b14-6+. The molecule has 0 saturated heterocycles. The summed E-state index contributed by atoms with van der Waals surface area (Å²) in [6, 6.07) is 5.78. The molecule has 4 aromatic rings. The molecule has 0 aliphatic carbocycles. The highest BCUT2D eigenvalue weighted by atomic mass is 32.1. The van der Waals surface area contributed by atoms with E-state index in [-0.39, 0.29) is 5.69 Å². The van der Waals surface area contributed by atoms with Gasteiger partial charge in [-0.1, -0.05) is 0 Å². The summed E-state index contributed by atoms with van der Waals surface area (Å²) < 4.78 is 6.97. The molecule has 0 saturated carbocycles. The molecule has 2 N–H and O–H groups in total. The number of pyridine rings is 1. The number of H-pyrrole nitrogens is 1. The molecular formula is C21H18N6O3S. The molecule has 0 aromatic carbocycles. The van der Waals surface area contributed by atoms with Gasteiger partial charge in [0.1, 0.15) is 16.9 Å². The van der Waals surface area contributed by atoms with E-state index in [1.54, 1.807) is 25.3 Å². The Balaban J connectivity index is 1.81. The Kier molecular flexibility index (Phi) is 5.04. The van der Waals surface area contributed by atoms with Crippen molar-refractivity contribution in [3.63, 3.8) is 0 Å². The van der Waals surface area contributed by atoms with Crippen LogP contribution in [-0.4, -0.2) is 42.7 Å². The van der Waals surface area contributed by atoms with Crippen LogP contribution in [0.5, 0.6) is 5.88 Å². The Morgan fingerprint density at radius 3 is 2.77 bits per heavy atom. The Morgan fingerprint density at radius 2 is 2.10 bits per heavy atom. The molecule has 0 spiro atoms. The number of hydrogen-bond donors (Lipinski definition) is 2. The van der Waals surface area contributed by atoms with Crippen molar-refractivity contribution in [2.75, 3.05) is 7.11 Å². The molecule has 4 aromatic heterocycles. The number of thiazole rings is 1. The van der Waals surface area contributed by atoms with Crippen molar-refractivity contribution in [3.8, 4) is 17.0 Å². The van der Waals surface area contributed by atoms with Crippen LogP contribution in [0.25, 0.3) is 27.7 Å². The fourth-order valence-electron chi connectivity index (χ4n) is 3.39. The number of methoxy groups -OCH3 is 1. The fraction of sp³-hybridized carbons (Fsp3) is 0.190. The number of aromatic nitrogens is 5. The Labute approximate surface area is 181 Å². The second kappa shape index (κ2) is 7.70. The summed E-state index contributed by atoms with van der Waals surface area (Å²) in [7, 11) is 1.53. The number of ether oxygens (including phenoxy) is 1. The minimum Gasteiger partial charge on any atom is -0.481 e. The normalized spacial score (nSPS) is 11.6. The lowest BCUT2D eigenvalue weighted by Crippen LogP contribution is -2.06. The maximum Gasteiger partial charge on any atom is 0.357 e. The molecule has 0 amide bonds. The number of carbonyl (C=O) groups is 1. The van der Waals surface area contributed by atoms with Crippen LogP contribution in [0, 0.1) is 32.1 Å². The van der Waals surface area contributed by atoms with Gasteiger partial charge >= 0.3 is 5.97 Å². The number of carboxylic acids is 1. The van der Waals surface area contributed by atoms with Crippen molar-refractivity contribution in [3.05, 3.63) is 51.8 Å². The van der Waals surface area contributed by atoms with E-state index < -0.39 is 5.97 Å². The van der Waals surface area contributed by atoms with Crippen LogP contribution < -0.4 is 4.74 Å². The molecule has 0 unspecified atom stereocenters. The van der Waals surface area contributed by atoms with Gasteiger partial charge in [0, 0.05) is 17.5 Å². The summed E-state index contributed by atoms with van der Waals surface area (Å²) in [5.41, 5.74) is 4.11. The predicted octanol–water partition coefficient (Wildman–Crippen LogP) is 3.90. The van der Waals surface area contributed by atoms with Crippen LogP contribution >= 0.6 is 11.3 Å². The van der Waals surface area contributed by atoms with Crippen molar-refractivity contribution in [2.24, 2.45) is 0 Å². The maximum absolute atomic E-state index is 11.6. The first-order chi connectivity index (χ1) is 14.8. The lowest BCUT2D eigenvalue weighted by atomic mass is 10.1. The van der Waals surface area contributed by atoms with Gasteiger partial charge in [-0.15, -0.1) is 11.3 Å². The second-order valence-corrected chi connectivity index (χ2v) is 8.03. The van der Waals surface area contributed by atoms with Crippen LogP contribution in [-0.2, 0) is 0 Å². The summed E-state index contributed by atoms with van der Waals surface area (Å²) in [6.45, 7) is 5.53. The topological polar surface area (TPSA) is 130 Å². The number of carboxylic acid groups (broad SMARTS) is 1. The molecule has 10 heteroatoms. The average Bonchev–Trinajstić information content (AvgIpc) is 3.40. The average molecular weight is 434 g/mol. The summed E-state index contributed by atoms with van der Waals surface area (Å²) in [5.74, 6) is -0.226. The van der Waals surface area contributed by atoms with Crippen molar-refractivity contribution in [2.45, 2.75) is 20.8 Å². The van der Waals surface area contributed by atoms with Gasteiger partial charge in [-0.25, -0.2) is 19.7 Å². The second-order valence-electron chi connectivity index (χ2n) is 6.85. The number of fused-ring (bicyclic) bond motifs is 1. The Morgan fingerprint density at radius 1 is 1.32 bits per heavy atom. The number of aryl methyl sites for hydroxylation is 2. The Bertz CT molecular complexity index is 1400. The first kappa shape index (κ1) is 20.3. The summed E-state index contributed by atoms with van der Waals surface area (Å²) in [4.78, 5) is 27.5. The van der Waals surface area contributed by atoms with Gasteiger partial charge in [0.2, 0.25) is 5.88 Å². The van der Waals surface area contributed by atoms with Crippen LogP contribution in [0.3, 0.4) is 0 Å². The minimum atomic E-state index is -1.08. The largest absolute Gasteiger partial charge is 0.481 e. The van der Waals surface area contributed by atoms with E-state index in [0.29, 0.717) is 38.3 Å². The molecular weight excluding hydrogens is 416 g/mol. The minimum absolute atomic E-state index is 0.0130. The number of imidazole rings is 1.